The summed E-state index contributed by atoms with van der Waals surface area (Å²) in [5.74, 6) is -6.32. The number of alkyl halides is 5. The van der Waals surface area contributed by atoms with Gasteiger partial charge in [-0.25, -0.2) is 0 Å². The molecule has 0 spiro atoms. The van der Waals surface area contributed by atoms with Gasteiger partial charge >= 0.3 is 18.1 Å². The lowest BCUT2D eigenvalue weighted by Crippen LogP contribution is -2.66. The summed E-state index contributed by atoms with van der Waals surface area (Å²) in [7, 11) is 0. The average Bonchev–Trinajstić information content (AvgIpc) is 3.10. The van der Waals surface area contributed by atoms with Crippen LogP contribution in [0.3, 0.4) is 0 Å². The molecule has 4 aliphatic carbocycles. The number of rotatable bonds is 9. The second-order valence-electron chi connectivity index (χ2n) is 12.9. The number of carboxylic acids is 1. The highest BCUT2D eigenvalue weighted by molar-refractivity contribution is 5.91. The molecule has 7 atom stereocenters. The molecule has 0 unspecified atom stereocenters. The summed E-state index contributed by atoms with van der Waals surface area (Å²) >= 11 is 0. The molecule has 0 heterocycles. The van der Waals surface area contributed by atoms with Crippen LogP contribution in [0.15, 0.2) is 11.6 Å². The van der Waals surface area contributed by atoms with Gasteiger partial charge in [-0.05, 0) is 86.5 Å². The number of hydrogen-bond acceptors (Lipinski definition) is 3. The average molecular weight is 549 g/mol. The molecule has 2 N–H and O–H groups in total. The summed E-state index contributed by atoms with van der Waals surface area (Å²) in [4.78, 5) is 23.0. The van der Waals surface area contributed by atoms with Gasteiger partial charge in [-0.3, -0.25) is 9.59 Å². The Balaban J connectivity index is 1.59. The van der Waals surface area contributed by atoms with E-state index in [1.165, 1.54) is 6.92 Å². The maximum atomic E-state index is 14.9. The largest absolute Gasteiger partial charge is 0.481 e. The van der Waals surface area contributed by atoms with Crippen molar-refractivity contribution in [1.82, 2.24) is 0 Å². The van der Waals surface area contributed by atoms with Crippen molar-refractivity contribution in [2.45, 2.75) is 121 Å². The smallest absolute Gasteiger partial charge is 0.456 e. The molecule has 0 bridgehead atoms. The van der Waals surface area contributed by atoms with Gasteiger partial charge in [0.15, 0.2) is 5.78 Å². The van der Waals surface area contributed by atoms with E-state index in [-0.39, 0.29) is 48.2 Å². The predicted molar refractivity (Wildman–Crippen MR) is 131 cm³/mol. The first-order valence-electron chi connectivity index (χ1n) is 14.2. The lowest BCUT2D eigenvalue weighted by atomic mass is 9.43. The van der Waals surface area contributed by atoms with E-state index in [1.807, 2.05) is 0 Å². The number of halogens is 5. The Morgan fingerprint density at radius 2 is 1.61 bits per heavy atom. The second kappa shape index (κ2) is 10.2. The number of aliphatic hydroxyl groups is 1. The molecule has 9 heteroatoms. The zero-order valence-corrected chi connectivity index (χ0v) is 22.4. The molecule has 4 rings (SSSR count). The van der Waals surface area contributed by atoms with Crippen molar-refractivity contribution in [3.8, 4) is 0 Å². The maximum absolute atomic E-state index is 14.9. The fourth-order valence-electron chi connectivity index (χ4n) is 8.98. The molecule has 0 amide bonds. The fraction of sp³-hybridized carbons (Fsp3) is 0.862. The molecule has 0 radical (unpaired) electrons. The van der Waals surface area contributed by atoms with Crippen molar-refractivity contribution in [3.05, 3.63) is 11.6 Å². The van der Waals surface area contributed by atoms with Gasteiger partial charge < -0.3 is 10.2 Å². The van der Waals surface area contributed by atoms with Gasteiger partial charge in [0.05, 0.1) is 0 Å². The zero-order valence-electron chi connectivity index (χ0n) is 22.4. The Kier molecular flexibility index (Phi) is 7.87. The monoisotopic (exact) mass is 548 g/mol. The van der Waals surface area contributed by atoms with Crippen molar-refractivity contribution < 1.29 is 41.8 Å². The molecule has 3 fully saturated rings. The number of aliphatic carboxylic acids is 1. The summed E-state index contributed by atoms with van der Waals surface area (Å²) in [6.45, 7) is 3.59. The first-order chi connectivity index (χ1) is 17.6. The third-order valence-electron chi connectivity index (χ3n) is 11.1. The minimum absolute atomic E-state index is 0.0516. The van der Waals surface area contributed by atoms with Crippen LogP contribution in [0.25, 0.3) is 0 Å². The van der Waals surface area contributed by atoms with Crippen LogP contribution < -0.4 is 0 Å². The van der Waals surface area contributed by atoms with Gasteiger partial charge in [-0.1, -0.05) is 45.1 Å². The lowest BCUT2D eigenvalue weighted by Gasteiger charge is -2.62. The highest BCUT2D eigenvalue weighted by atomic mass is 19.4. The third kappa shape index (κ3) is 4.62. The summed E-state index contributed by atoms with van der Waals surface area (Å²) in [5.41, 5.74) is -3.87. The van der Waals surface area contributed by atoms with E-state index in [0.717, 1.165) is 37.7 Å². The summed E-state index contributed by atoms with van der Waals surface area (Å²) < 4.78 is 70.4. The third-order valence-corrected chi connectivity index (χ3v) is 11.1. The molecule has 0 aromatic carbocycles. The minimum Gasteiger partial charge on any atom is -0.481 e. The molecule has 3 saturated carbocycles. The number of fused-ring (bicyclic) bond motifs is 5. The first kappa shape index (κ1) is 29.5. The van der Waals surface area contributed by atoms with Crippen LogP contribution in [-0.4, -0.2) is 39.7 Å². The summed E-state index contributed by atoms with van der Waals surface area (Å²) in [5, 5.41) is 20.0. The Morgan fingerprint density at radius 3 is 2.26 bits per heavy atom. The van der Waals surface area contributed by atoms with Gasteiger partial charge in [0.1, 0.15) is 5.60 Å². The fourth-order valence-corrected chi connectivity index (χ4v) is 8.98. The van der Waals surface area contributed by atoms with Crippen LogP contribution in [0.2, 0.25) is 0 Å². The number of hydrogen-bond donors (Lipinski definition) is 2. The molecular weight excluding hydrogens is 507 g/mol. The van der Waals surface area contributed by atoms with Crippen LogP contribution in [0.1, 0.15) is 104 Å². The minimum atomic E-state index is -5.82. The van der Waals surface area contributed by atoms with Crippen LogP contribution in [0, 0.1) is 34.5 Å². The number of ketones is 1. The van der Waals surface area contributed by atoms with E-state index in [0.29, 0.717) is 32.1 Å². The van der Waals surface area contributed by atoms with Crippen LogP contribution >= 0.6 is 0 Å². The van der Waals surface area contributed by atoms with Gasteiger partial charge in [0.25, 0.3) is 0 Å². The molecule has 0 aromatic heterocycles. The van der Waals surface area contributed by atoms with Gasteiger partial charge in [0, 0.05) is 18.3 Å². The molecular formula is C29H41F5O4. The topological polar surface area (TPSA) is 74.6 Å². The van der Waals surface area contributed by atoms with Crippen molar-refractivity contribution in [1.29, 1.82) is 0 Å². The van der Waals surface area contributed by atoms with Gasteiger partial charge in [-0.15, -0.1) is 0 Å². The van der Waals surface area contributed by atoms with Crippen molar-refractivity contribution in [3.63, 3.8) is 0 Å². The van der Waals surface area contributed by atoms with E-state index in [1.54, 1.807) is 6.08 Å². The normalized spacial score (nSPS) is 39.3. The van der Waals surface area contributed by atoms with Crippen molar-refractivity contribution in [2.75, 3.05) is 0 Å². The van der Waals surface area contributed by atoms with E-state index in [9.17, 15) is 36.6 Å². The van der Waals surface area contributed by atoms with Crippen molar-refractivity contribution in [2.24, 2.45) is 34.5 Å². The maximum Gasteiger partial charge on any atom is 0.456 e. The molecule has 0 aliphatic heterocycles. The summed E-state index contributed by atoms with van der Waals surface area (Å²) in [6.07, 6.45) is 2.76. The highest BCUT2D eigenvalue weighted by Crippen LogP contribution is 2.72. The lowest BCUT2D eigenvalue weighted by molar-refractivity contribution is -0.364. The van der Waals surface area contributed by atoms with Gasteiger partial charge in [-0.2, -0.15) is 22.0 Å². The Bertz CT molecular complexity index is 961. The van der Waals surface area contributed by atoms with E-state index in [2.05, 4.69) is 6.92 Å². The Hall–Kier alpha value is -1.51. The second-order valence-corrected chi connectivity index (χ2v) is 12.9. The van der Waals surface area contributed by atoms with Crippen LogP contribution in [0.4, 0.5) is 22.0 Å². The number of carbonyl (C=O) groups excluding carboxylic acids is 1. The van der Waals surface area contributed by atoms with E-state index in [4.69, 9.17) is 5.11 Å². The molecule has 4 nitrogen and oxygen atoms in total. The molecule has 0 aromatic rings. The number of carbonyl (C=O) groups is 2. The van der Waals surface area contributed by atoms with Crippen LogP contribution in [-0.2, 0) is 9.59 Å². The van der Waals surface area contributed by atoms with E-state index >= 15 is 0 Å². The van der Waals surface area contributed by atoms with Crippen molar-refractivity contribution >= 4 is 11.8 Å². The molecule has 38 heavy (non-hydrogen) atoms. The molecule has 0 saturated heterocycles. The first-order valence-corrected chi connectivity index (χ1v) is 14.2. The van der Waals surface area contributed by atoms with Gasteiger partial charge in [0.2, 0.25) is 0 Å². The predicted octanol–water partition coefficient (Wildman–Crippen LogP) is 7.49. The highest BCUT2D eigenvalue weighted by Gasteiger charge is 2.79. The SMILES string of the molecule is C[C@]12CCC(=O)C=C1C[C@@H](CCCCCCCC(=O)O)[C@@H]1[C@@H]2CC[C@@]2(C)[C@H]1CC[C@@]2(O)C(F)(F)C(F)(F)F. The zero-order chi connectivity index (χ0) is 28.1. The standard InChI is InChI=1S/C29H41F5O4/c1-25-13-10-20(35)17-19(25)16-18(8-6-4-3-5-7-9-23(36)37)24-21(25)11-14-26(2)22(24)12-15-27(26,38)28(30,31)29(32,33)34/h17-18,21-22,24,38H,3-16H2,1-2H3,(H,36,37)/t18-,21+,22+,24-,25+,26+,27+/m1/s1. The molecule has 216 valence electrons. The Morgan fingerprint density at radius 1 is 0.974 bits per heavy atom. The Labute approximate surface area is 221 Å². The number of carboxylic acid groups (broad SMARTS) is 1. The number of unbranched alkanes of at least 4 members (excludes halogenated alkanes) is 4. The summed E-state index contributed by atoms with van der Waals surface area (Å²) in [6, 6.07) is 0. The molecule has 4 aliphatic rings. The number of allylic oxidation sites excluding steroid dienone is 1. The quantitative estimate of drug-likeness (QED) is 0.231. The van der Waals surface area contributed by atoms with Crippen LogP contribution in [0.5, 0.6) is 0 Å². The van der Waals surface area contributed by atoms with E-state index < -0.39 is 41.4 Å².